The van der Waals surface area contributed by atoms with Gasteiger partial charge in [-0.05, 0) is 42.7 Å². The van der Waals surface area contributed by atoms with Crippen molar-refractivity contribution >= 4 is 45.8 Å². The Morgan fingerprint density at radius 2 is 2.07 bits per heavy atom. The number of halogens is 2. The molecule has 1 aromatic heterocycles. The van der Waals surface area contributed by atoms with Gasteiger partial charge in [0.25, 0.3) is 0 Å². The van der Waals surface area contributed by atoms with Gasteiger partial charge in [-0.1, -0.05) is 12.1 Å². The zero-order chi connectivity index (χ0) is 20.9. The smallest absolute Gasteiger partial charge is 0.238 e. The van der Waals surface area contributed by atoms with Gasteiger partial charge in [0, 0.05) is 38.9 Å². The summed E-state index contributed by atoms with van der Waals surface area (Å²) >= 11 is 0. The molecule has 0 saturated carbocycles. The summed E-state index contributed by atoms with van der Waals surface area (Å²) < 4.78 is 36.5. The van der Waals surface area contributed by atoms with Crippen molar-refractivity contribution in [1.82, 2.24) is 15.6 Å². The summed E-state index contributed by atoms with van der Waals surface area (Å²) in [5, 5.41) is 11.7. The quantitative estimate of drug-likeness (QED) is 0.287. The molecule has 1 aromatic carbocycles. The highest BCUT2D eigenvalue weighted by atomic mass is 127. The molecule has 1 fully saturated rings. The SMILES string of the molecule is CN=C(NCCc1ccc(S(N)(=O)=O)cc1)NC1CCN(c2ncccc2F)C1.I. The minimum Gasteiger partial charge on any atom is -0.356 e. The van der Waals surface area contributed by atoms with E-state index in [-0.39, 0.29) is 40.7 Å². The second-order valence-corrected chi connectivity index (χ2v) is 8.38. The average molecular weight is 548 g/mol. The van der Waals surface area contributed by atoms with Crippen molar-refractivity contribution in [3.8, 4) is 0 Å². The van der Waals surface area contributed by atoms with E-state index in [0.29, 0.717) is 31.3 Å². The first kappa shape index (κ1) is 24.3. The van der Waals surface area contributed by atoms with Crippen molar-refractivity contribution < 1.29 is 12.8 Å². The van der Waals surface area contributed by atoms with E-state index in [2.05, 4.69) is 20.6 Å². The van der Waals surface area contributed by atoms with Crippen LogP contribution in [0.15, 0.2) is 52.5 Å². The fourth-order valence-corrected chi connectivity index (χ4v) is 3.75. The lowest BCUT2D eigenvalue weighted by Gasteiger charge is -2.20. The summed E-state index contributed by atoms with van der Waals surface area (Å²) in [7, 11) is -1.98. The van der Waals surface area contributed by atoms with Gasteiger partial charge in [0.05, 0.1) is 4.90 Å². The summed E-state index contributed by atoms with van der Waals surface area (Å²) in [6, 6.07) is 9.62. The van der Waals surface area contributed by atoms with Crippen LogP contribution in [0.1, 0.15) is 12.0 Å². The van der Waals surface area contributed by atoms with Gasteiger partial charge in [0.2, 0.25) is 10.0 Å². The van der Waals surface area contributed by atoms with Gasteiger partial charge in [-0.15, -0.1) is 24.0 Å². The molecule has 0 amide bonds. The summed E-state index contributed by atoms with van der Waals surface area (Å²) in [6.07, 6.45) is 3.14. The molecule has 0 radical (unpaired) electrons. The lowest BCUT2D eigenvalue weighted by atomic mass is 10.1. The lowest BCUT2D eigenvalue weighted by Crippen LogP contribution is -2.45. The van der Waals surface area contributed by atoms with Gasteiger partial charge in [-0.2, -0.15) is 0 Å². The van der Waals surface area contributed by atoms with E-state index in [1.165, 1.54) is 18.2 Å². The number of benzene rings is 1. The highest BCUT2D eigenvalue weighted by Gasteiger charge is 2.25. The summed E-state index contributed by atoms with van der Waals surface area (Å²) in [4.78, 5) is 10.4. The molecule has 4 N–H and O–H groups in total. The Kier molecular flexibility index (Phi) is 8.79. The van der Waals surface area contributed by atoms with Crippen molar-refractivity contribution in [2.24, 2.45) is 10.1 Å². The van der Waals surface area contributed by atoms with E-state index in [1.807, 2.05) is 4.90 Å². The molecule has 1 aliphatic rings. The van der Waals surface area contributed by atoms with Crippen LogP contribution in [0.2, 0.25) is 0 Å². The average Bonchev–Trinajstić information content (AvgIpc) is 3.15. The number of guanidine groups is 1. The van der Waals surface area contributed by atoms with Crippen LogP contribution < -0.4 is 20.7 Å². The maximum atomic E-state index is 13.9. The number of nitrogens with one attached hydrogen (secondary N) is 2. The first-order chi connectivity index (χ1) is 13.9. The van der Waals surface area contributed by atoms with Gasteiger partial charge < -0.3 is 15.5 Å². The summed E-state index contributed by atoms with van der Waals surface area (Å²) in [5.41, 5.74) is 0.984. The fraction of sp³-hybridized carbons (Fsp3) is 0.368. The molecule has 11 heteroatoms. The first-order valence-corrected chi connectivity index (χ1v) is 10.9. The molecule has 164 valence electrons. The molecular weight excluding hydrogens is 522 g/mol. The maximum absolute atomic E-state index is 13.9. The third-order valence-electron chi connectivity index (χ3n) is 4.75. The predicted molar refractivity (Wildman–Crippen MR) is 126 cm³/mol. The first-order valence-electron chi connectivity index (χ1n) is 9.31. The van der Waals surface area contributed by atoms with Crippen molar-refractivity contribution in [2.45, 2.75) is 23.8 Å². The van der Waals surface area contributed by atoms with Crippen LogP contribution in [0.5, 0.6) is 0 Å². The Hall–Kier alpha value is -1.99. The van der Waals surface area contributed by atoms with Crippen LogP contribution >= 0.6 is 24.0 Å². The van der Waals surface area contributed by atoms with E-state index in [4.69, 9.17) is 5.14 Å². The van der Waals surface area contributed by atoms with Crippen molar-refractivity contribution in [1.29, 1.82) is 0 Å². The third kappa shape index (κ3) is 6.51. The van der Waals surface area contributed by atoms with Gasteiger partial charge in [0.15, 0.2) is 17.6 Å². The van der Waals surface area contributed by atoms with E-state index in [1.54, 1.807) is 31.4 Å². The Morgan fingerprint density at radius 3 is 2.70 bits per heavy atom. The third-order valence-corrected chi connectivity index (χ3v) is 5.68. The molecule has 0 aliphatic carbocycles. The zero-order valence-corrected chi connectivity index (χ0v) is 19.7. The number of sulfonamides is 1. The standard InChI is InChI=1S/C19H25FN6O2S.HI/c1-22-19(24-11-8-14-4-6-16(7-5-14)29(21,27)28)25-15-9-12-26(13-15)18-17(20)3-2-10-23-18;/h2-7,10,15H,8-9,11-13H2,1H3,(H2,21,27,28)(H2,22,24,25);1H. The van der Waals surface area contributed by atoms with Crippen LogP contribution in [0.3, 0.4) is 0 Å². The fourth-order valence-electron chi connectivity index (χ4n) is 3.24. The molecule has 8 nitrogen and oxygen atoms in total. The number of hydrogen-bond acceptors (Lipinski definition) is 5. The number of primary sulfonamides is 1. The van der Waals surface area contributed by atoms with Crippen molar-refractivity contribution in [3.05, 3.63) is 54.0 Å². The Morgan fingerprint density at radius 1 is 1.33 bits per heavy atom. The second-order valence-electron chi connectivity index (χ2n) is 6.82. The number of pyridine rings is 1. The predicted octanol–water partition coefficient (Wildman–Crippen LogP) is 1.47. The number of rotatable bonds is 6. The van der Waals surface area contributed by atoms with Crippen LogP contribution in [0.25, 0.3) is 0 Å². The van der Waals surface area contributed by atoms with E-state index in [0.717, 1.165) is 18.5 Å². The minimum atomic E-state index is -3.67. The normalized spacial score (nSPS) is 16.8. The molecular formula is C19H26FIN6O2S. The second kappa shape index (κ2) is 10.9. The van der Waals surface area contributed by atoms with E-state index in [9.17, 15) is 12.8 Å². The van der Waals surface area contributed by atoms with Crippen LogP contribution in [0, 0.1) is 5.82 Å². The van der Waals surface area contributed by atoms with Crippen molar-refractivity contribution in [3.63, 3.8) is 0 Å². The molecule has 30 heavy (non-hydrogen) atoms. The number of aliphatic imine (C=N–C) groups is 1. The lowest BCUT2D eigenvalue weighted by molar-refractivity contribution is 0.597. The van der Waals surface area contributed by atoms with Crippen LogP contribution in [-0.4, -0.2) is 52.1 Å². The number of aromatic nitrogens is 1. The molecule has 3 rings (SSSR count). The molecule has 1 atom stereocenters. The number of nitrogens with two attached hydrogens (primary N) is 1. The molecule has 1 aliphatic heterocycles. The van der Waals surface area contributed by atoms with Gasteiger partial charge in [-0.3, -0.25) is 4.99 Å². The number of nitrogens with zero attached hydrogens (tertiary/aromatic N) is 3. The number of hydrogen-bond donors (Lipinski definition) is 3. The monoisotopic (exact) mass is 548 g/mol. The topological polar surface area (TPSA) is 113 Å². The molecule has 1 saturated heterocycles. The summed E-state index contributed by atoms with van der Waals surface area (Å²) in [5.74, 6) is 0.728. The molecule has 0 bridgehead atoms. The van der Waals surface area contributed by atoms with Crippen LogP contribution in [0.4, 0.5) is 10.2 Å². The van der Waals surface area contributed by atoms with Gasteiger partial charge in [0.1, 0.15) is 0 Å². The Bertz CT molecular complexity index is 971. The molecule has 2 heterocycles. The maximum Gasteiger partial charge on any atom is 0.238 e. The van der Waals surface area contributed by atoms with Crippen LogP contribution in [-0.2, 0) is 16.4 Å². The van der Waals surface area contributed by atoms with E-state index < -0.39 is 10.0 Å². The largest absolute Gasteiger partial charge is 0.356 e. The summed E-state index contributed by atoms with van der Waals surface area (Å²) in [6.45, 7) is 1.99. The Balaban J connectivity index is 0.00000320. The van der Waals surface area contributed by atoms with Gasteiger partial charge in [-0.25, -0.2) is 22.9 Å². The Labute approximate surface area is 193 Å². The van der Waals surface area contributed by atoms with Crippen molar-refractivity contribution in [2.75, 3.05) is 31.6 Å². The highest BCUT2D eigenvalue weighted by Crippen LogP contribution is 2.20. The molecule has 0 spiro atoms. The highest BCUT2D eigenvalue weighted by molar-refractivity contribution is 14.0. The molecule has 1 unspecified atom stereocenters. The molecule has 2 aromatic rings. The van der Waals surface area contributed by atoms with E-state index >= 15 is 0 Å². The number of anilines is 1. The van der Waals surface area contributed by atoms with Gasteiger partial charge >= 0.3 is 0 Å². The zero-order valence-electron chi connectivity index (χ0n) is 16.6. The minimum absolute atomic E-state index is 0.